The molecule has 6 heteroatoms. The van der Waals surface area contributed by atoms with Crippen LogP contribution in [-0.4, -0.2) is 27.2 Å². The van der Waals surface area contributed by atoms with Crippen LogP contribution in [0, 0.1) is 12.3 Å². The number of ether oxygens (including phenoxy) is 1. The highest BCUT2D eigenvalue weighted by Gasteiger charge is 2.42. The number of anilines is 1. The maximum absolute atomic E-state index is 13.4. The number of nitrogens with one attached hydrogen (secondary N) is 1. The van der Waals surface area contributed by atoms with Crippen molar-refractivity contribution in [2.45, 2.75) is 46.6 Å². The summed E-state index contributed by atoms with van der Waals surface area (Å²) in [6, 6.07) is 15.7. The molecule has 0 bridgehead atoms. The highest BCUT2D eigenvalue weighted by molar-refractivity contribution is 6.00. The van der Waals surface area contributed by atoms with Crippen molar-refractivity contribution in [2.24, 2.45) is 5.41 Å². The second-order valence-corrected chi connectivity index (χ2v) is 9.40. The monoisotopic (exact) mass is 428 g/mol. The van der Waals surface area contributed by atoms with E-state index in [1.165, 1.54) is 5.56 Å². The first-order valence-electron chi connectivity index (χ1n) is 11.1. The van der Waals surface area contributed by atoms with Crippen LogP contribution in [0.1, 0.15) is 50.8 Å². The fourth-order valence-corrected chi connectivity index (χ4v) is 4.71. The zero-order chi connectivity index (χ0) is 22.5. The predicted molar refractivity (Wildman–Crippen MR) is 125 cm³/mol. The Labute approximate surface area is 188 Å². The topological polar surface area (TPSA) is 69.0 Å². The zero-order valence-corrected chi connectivity index (χ0v) is 19.0. The summed E-state index contributed by atoms with van der Waals surface area (Å²) in [5.41, 5.74) is 4.67. The van der Waals surface area contributed by atoms with Gasteiger partial charge >= 0.3 is 0 Å². The first kappa shape index (κ1) is 20.5. The van der Waals surface area contributed by atoms with Gasteiger partial charge in [0.2, 0.25) is 5.95 Å². The Morgan fingerprint density at radius 3 is 2.62 bits per heavy atom. The van der Waals surface area contributed by atoms with Gasteiger partial charge in [0.05, 0.1) is 6.61 Å². The molecule has 1 aromatic heterocycles. The molecule has 2 heterocycles. The molecule has 164 valence electrons. The number of carbonyl (C=O) groups is 1. The summed E-state index contributed by atoms with van der Waals surface area (Å²) < 4.78 is 7.80. The molecule has 1 atom stereocenters. The van der Waals surface area contributed by atoms with Gasteiger partial charge in [-0.3, -0.25) is 4.79 Å². The third kappa shape index (κ3) is 3.49. The van der Waals surface area contributed by atoms with E-state index in [-0.39, 0.29) is 17.2 Å². The summed E-state index contributed by atoms with van der Waals surface area (Å²) in [6.07, 6.45) is 1.30. The van der Waals surface area contributed by atoms with Crippen LogP contribution in [-0.2, 0) is 4.79 Å². The SMILES string of the molecule is CCOc1ccccc1C1C2=C(CC(C)(C)CC2=O)Nc2nc(-c3ccc(C)cc3)nn21. The van der Waals surface area contributed by atoms with E-state index in [1.54, 1.807) is 0 Å². The molecule has 0 saturated heterocycles. The number of nitrogens with zero attached hydrogens (tertiary/aromatic N) is 3. The number of hydrogen-bond donors (Lipinski definition) is 1. The van der Waals surface area contributed by atoms with E-state index in [2.05, 4.69) is 38.2 Å². The minimum absolute atomic E-state index is 0.102. The molecule has 5 rings (SSSR count). The maximum Gasteiger partial charge on any atom is 0.226 e. The van der Waals surface area contributed by atoms with Crippen LogP contribution in [0.2, 0.25) is 0 Å². The van der Waals surface area contributed by atoms with Gasteiger partial charge in [-0.1, -0.05) is 61.9 Å². The molecule has 6 nitrogen and oxygen atoms in total. The lowest BCUT2D eigenvalue weighted by molar-refractivity contribution is -0.118. The molecule has 0 radical (unpaired) electrons. The standard InChI is InChI=1S/C26H28N4O2/c1-5-32-21-9-7-6-8-18(21)23-22-19(14-26(3,4)15-20(22)31)27-25-28-24(29-30(23)25)17-12-10-16(2)11-13-17/h6-13,23H,5,14-15H2,1-4H3,(H,27,28,29). The predicted octanol–water partition coefficient (Wildman–Crippen LogP) is 5.31. The number of hydrogen-bond acceptors (Lipinski definition) is 5. The van der Waals surface area contributed by atoms with Crippen LogP contribution in [0.15, 0.2) is 59.8 Å². The molecule has 32 heavy (non-hydrogen) atoms. The summed E-state index contributed by atoms with van der Waals surface area (Å²) in [5.74, 6) is 2.21. The molecule has 0 fully saturated rings. The van der Waals surface area contributed by atoms with Gasteiger partial charge in [0.25, 0.3) is 0 Å². The smallest absolute Gasteiger partial charge is 0.226 e. The second-order valence-electron chi connectivity index (χ2n) is 9.40. The molecule has 1 aliphatic heterocycles. The number of aryl methyl sites for hydroxylation is 1. The number of para-hydroxylation sites is 1. The highest BCUT2D eigenvalue weighted by Crippen LogP contribution is 2.47. The average Bonchev–Trinajstić information content (AvgIpc) is 3.16. The van der Waals surface area contributed by atoms with Crippen molar-refractivity contribution in [3.63, 3.8) is 0 Å². The van der Waals surface area contributed by atoms with E-state index in [4.69, 9.17) is 14.8 Å². The first-order valence-corrected chi connectivity index (χ1v) is 11.1. The Balaban J connectivity index is 1.70. The van der Waals surface area contributed by atoms with Gasteiger partial charge in [0, 0.05) is 28.8 Å². The first-order chi connectivity index (χ1) is 15.4. The number of allylic oxidation sites excluding steroid dienone is 2. The third-order valence-corrected chi connectivity index (χ3v) is 6.16. The summed E-state index contributed by atoms with van der Waals surface area (Å²) in [6.45, 7) is 8.85. The molecule has 1 unspecified atom stereocenters. The number of rotatable bonds is 4. The summed E-state index contributed by atoms with van der Waals surface area (Å²) in [5, 5.41) is 8.32. The zero-order valence-electron chi connectivity index (χ0n) is 19.0. The lowest BCUT2D eigenvalue weighted by Crippen LogP contribution is -2.36. The Bertz CT molecular complexity index is 1220. The van der Waals surface area contributed by atoms with E-state index in [1.807, 2.05) is 48.0 Å². The van der Waals surface area contributed by atoms with Gasteiger partial charge in [-0.25, -0.2) is 4.68 Å². The van der Waals surface area contributed by atoms with Gasteiger partial charge in [-0.15, -0.1) is 5.10 Å². The van der Waals surface area contributed by atoms with Gasteiger partial charge in [-0.05, 0) is 31.7 Å². The number of carbonyl (C=O) groups excluding carboxylic acids is 1. The maximum atomic E-state index is 13.4. The van der Waals surface area contributed by atoms with Gasteiger partial charge in [0.15, 0.2) is 11.6 Å². The van der Waals surface area contributed by atoms with Crippen LogP contribution >= 0.6 is 0 Å². The van der Waals surface area contributed by atoms with Crippen molar-refractivity contribution in [1.29, 1.82) is 0 Å². The quantitative estimate of drug-likeness (QED) is 0.610. The molecule has 0 amide bonds. The van der Waals surface area contributed by atoms with Crippen molar-refractivity contribution < 1.29 is 9.53 Å². The largest absolute Gasteiger partial charge is 0.494 e. The fraction of sp³-hybridized carbons (Fsp3) is 0.346. The molecule has 1 aliphatic carbocycles. The Hall–Kier alpha value is -3.41. The number of benzene rings is 2. The van der Waals surface area contributed by atoms with Gasteiger partial charge in [-0.2, -0.15) is 4.98 Å². The van der Waals surface area contributed by atoms with Gasteiger partial charge < -0.3 is 10.1 Å². The second kappa shape index (κ2) is 7.62. The van der Waals surface area contributed by atoms with Crippen LogP contribution in [0.4, 0.5) is 5.95 Å². The van der Waals surface area contributed by atoms with Crippen LogP contribution in [0.5, 0.6) is 5.75 Å². The Morgan fingerprint density at radius 2 is 1.88 bits per heavy atom. The minimum atomic E-state index is -0.376. The lowest BCUT2D eigenvalue weighted by atomic mass is 9.73. The number of Topliss-reactive ketones (excluding diaryl/α,β-unsaturated/α-hetero) is 1. The normalized spacial score (nSPS) is 19.2. The van der Waals surface area contributed by atoms with E-state index in [0.29, 0.717) is 24.8 Å². The van der Waals surface area contributed by atoms with Gasteiger partial charge in [0.1, 0.15) is 11.8 Å². The van der Waals surface area contributed by atoms with E-state index in [9.17, 15) is 4.79 Å². The highest BCUT2D eigenvalue weighted by atomic mass is 16.5. The fourth-order valence-electron chi connectivity index (χ4n) is 4.71. The Kier molecular flexibility index (Phi) is 4.88. The minimum Gasteiger partial charge on any atom is -0.494 e. The number of fused-ring (bicyclic) bond motifs is 1. The average molecular weight is 429 g/mol. The van der Waals surface area contributed by atoms with Crippen LogP contribution < -0.4 is 10.1 Å². The van der Waals surface area contributed by atoms with Crippen molar-refractivity contribution >= 4 is 11.7 Å². The molecular weight excluding hydrogens is 400 g/mol. The summed E-state index contributed by atoms with van der Waals surface area (Å²) in [4.78, 5) is 18.2. The summed E-state index contributed by atoms with van der Waals surface area (Å²) in [7, 11) is 0. The van der Waals surface area contributed by atoms with Crippen molar-refractivity contribution in [1.82, 2.24) is 14.8 Å². The summed E-state index contributed by atoms with van der Waals surface area (Å²) >= 11 is 0. The van der Waals surface area contributed by atoms with Crippen LogP contribution in [0.3, 0.4) is 0 Å². The van der Waals surface area contributed by atoms with Crippen LogP contribution in [0.25, 0.3) is 11.4 Å². The lowest BCUT2D eigenvalue weighted by Gasteiger charge is -2.38. The molecule has 2 aromatic carbocycles. The van der Waals surface area contributed by atoms with E-state index in [0.717, 1.165) is 34.6 Å². The van der Waals surface area contributed by atoms with E-state index >= 15 is 0 Å². The van der Waals surface area contributed by atoms with Crippen molar-refractivity contribution in [3.05, 3.63) is 70.9 Å². The third-order valence-electron chi connectivity index (χ3n) is 6.16. The molecular formula is C26H28N4O2. The number of ketones is 1. The molecule has 2 aliphatic rings. The molecule has 0 saturated carbocycles. The molecule has 3 aromatic rings. The molecule has 0 spiro atoms. The van der Waals surface area contributed by atoms with E-state index < -0.39 is 0 Å². The van der Waals surface area contributed by atoms with Crippen molar-refractivity contribution in [2.75, 3.05) is 11.9 Å². The van der Waals surface area contributed by atoms with Crippen molar-refractivity contribution in [3.8, 4) is 17.1 Å². The Morgan fingerprint density at radius 1 is 1.12 bits per heavy atom. The molecule has 1 N–H and O–H groups in total. The number of aromatic nitrogens is 3.